The van der Waals surface area contributed by atoms with Gasteiger partial charge in [-0.1, -0.05) is 5.16 Å². The van der Waals surface area contributed by atoms with Crippen LogP contribution in [0.2, 0.25) is 0 Å². The fourth-order valence-corrected chi connectivity index (χ4v) is 2.99. The van der Waals surface area contributed by atoms with Crippen LogP contribution in [0.1, 0.15) is 57.8 Å². The molecule has 1 aromatic carbocycles. The number of ketones is 1. The Hall–Kier alpha value is -3.09. The van der Waals surface area contributed by atoms with Crippen molar-refractivity contribution in [2.45, 2.75) is 38.7 Å². The van der Waals surface area contributed by atoms with Gasteiger partial charge in [-0.15, -0.1) is 0 Å². The van der Waals surface area contributed by atoms with Crippen LogP contribution in [-0.4, -0.2) is 28.0 Å². The zero-order valence-electron chi connectivity index (χ0n) is 14.9. The normalized spacial score (nSPS) is 14.9. The van der Waals surface area contributed by atoms with E-state index in [0.29, 0.717) is 28.3 Å². The van der Waals surface area contributed by atoms with Crippen molar-refractivity contribution in [2.75, 3.05) is 0 Å². The maximum absolute atomic E-state index is 13.0. The lowest BCUT2D eigenvalue weighted by molar-refractivity contribution is 0.0320. The molecule has 1 aliphatic rings. The van der Waals surface area contributed by atoms with Gasteiger partial charge in [0, 0.05) is 17.2 Å². The topological polar surface area (TPSA) is 82.3 Å². The minimum Gasteiger partial charge on any atom is -0.451 e. The number of aryl methyl sites for hydroxylation is 1. The predicted octanol–water partition coefficient (Wildman–Crippen LogP) is 3.98. The van der Waals surface area contributed by atoms with Gasteiger partial charge in [-0.25, -0.2) is 14.2 Å². The summed E-state index contributed by atoms with van der Waals surface area (Å²) in [6, 6.07) is 6.80. The lowest BCUT2D eigenvalue weighted by Crippen LogP contribution is -2.24. The molecule has 2 aromatic heterocycles. The second kappa shape index (κ2) is 6.57. The molecule has 0 bridgehead atoms. The van der Waals surface area contributed by atoms with E-state index in [4.69, 9.17) is 9.26 Å². The lowest BCUT2D eigenvalue weighted by Gasteiger charge is -2.13. The van der Waals surface area contributed by atoms with Crippen molar-refractivity contribution in [1.29, 1.82) is 0 Å². The zero-order valence-corrected chi connectivity index (χ0v) is 14.9. The molecule has 0 radical (unpaired) electrons. The van der Waals surface area contributed by atoms with E-state index in [1.165, 1.54) is 31.2 Å². The number of ether oxygens (including phenoxy) is 1. The van der Waals surface area contributed by atoms with Crippen molar-refractivity contribution < 1.29 is 23.2 Å². The molecule has 1 aliphatic carbocycles. The maximum Gasteiger partial charge on any atom is 0.339 e. The van der Waals surface area contributed by atoms with E-state index >= 15 is 0 Å². The molecule has 0 amide bonds. The molecule has 1 atom stereocenters. The van der Waals surface area contributed by atoms with Crippen LogP contribution >= 0.6 is 0 Å². The number of carbonyl (C=O) groups excluding carboxylic acids is 2. The van der Waals surface area contributed by atoms with Gasteiger partial charge >= 0.3 is 5.97 Å². The highest BCUT2D eigenvalue weighted by atomic mass is 19.1. The molecular formula is C20H17FN2O4. The fourth-order valence-electron chi connectivity index (χ4n) is 2.99. The third-order valence-corrected chi connectivity index (χ3v) is 4.63. The van der Waals surface area contributed by atoms with Crippen LogP contribution in [-0.2, 0) is 4.74 Å². The van der Waals surface area contributed by atoms with Gasteiger partial charge in [0.1, 0.15) is 5.82 Å². The molecule has 1 unspecified atom stereocenters. The Bertz CT molecular complexity index is 1040. The molecule has 2 heterocycles. The average Bonchev–Trinajstić information content (AvgIpc) is 3.44. The largest absolute Gasteiger partial charge is 0.451 e. The Kier molecular flexibility index (Phi) is 4.22. The molecule has 6 nitrogen and oxygen atoms in total. The number of hydrogen-bond acceptors (Lipinski definition) is 6. The van der Waals surface area contributed by atoms with Gasteiger partial charge in [0.2, 0.25) is 5.78 Å². The van der Waals surface area contributed by atoms with Crippen LogP contribution in [0.15, 0.2) is 34.9 Å². The number of Topliss-reactive ketones (excluding diaryl/α,β-unsaturated/α-hetero) is 1. The van der Waals surface area contributed by atoms with Crippen molar-refractivity contribution in [3.05, 3.63) is 58.7 Å². The third-order valence-electron chi connectivity index (χ3n) is 4.63. The summed E-state index contributed by atoms with van der Waals surface area (Å²) >= 11 is 0. The number of halogens is 1. The van der Waals surface area contributed by atoms with Crippen LogP contribution in [0.4, 0.5) is 4.39 Å². The summed E-state index contributed by atoms with van der Waals surface area (Å²) in [7, 11) is 0. The molecule has 7 heteroatoms. The molecule has 1 fully saturated rings. The number of nitrogens with zero attached hydrogens (tertiary/aromatic N) is 2. The first-order chi connectivity index (χ1) is 12.9. The third kappa shape index (κ3) is 3.32. The van der Waals surface area contributed by atoms with Gasteiger partial charge < -0.3 is 9.26 Å². The summed E-state index contributed by atoms with van der Waals surface area (Å²) in [5.41, 5.74) is 2.16. The van der Waals surface area contributed by atoms with Gasteiger partial charge in [0.25, 0.3) is 5.71 Å². The Morgan fingerprint density at radius 2 is 1.96 bits per heavy atom. The monoisotopic (exact) mass is 368 g/mol. The Labute approximate surface area is 154 Å². The van der Waals surface area contributed by atoms with Crippen molar-refractivity contribution in [2.24, 2.45) is 0 Å². The van der Waals surface area contributed by atoms with E-state index in [9.17, 15) is 14.0 Å². The van der Waals surface area contributed by atoms with Gasteiger partial charge in [0.05, 0.1) is 16.6 Å². The van der Waals surface area contributed by atoms with E-state index in [0.717, 1.165) is 18.5 Å². The van der Waals surface area contributed by atoms with E-state index in [-0.39, 0.29) is 5.56 Å². The molecule has 1 saturated carbocycles. The number of carbonyl (C=O) groups is 2. The standard InChI is InChI=1S/C20H17FN2O4/c1-10-17-15(9-16(12-3-4-12)22-19(17)27-23-10)20(25)26-11(2)18(24)13-5-7-14(21)8-6-13/h5-9,11-12H,3-4H2,1-2H3. The van der Waals surface area contributed by atoms with Gasteiger partial charge in [-0.3, -0.25) is 4.79 Å². The Morgan fingerprint density at radius 1 is 1.26 bits per heavy atom. The molecule has 3 aromatic rings. The second-order valence-corrected chi connectivity index (χ2v) is 6.74. The van der Waals surface area contributed by atoms with E-state index in [1.807, 2.05) is 0 Å². The number of pyridine rings is 1. The molecule has 0 aliphatic heterocycles. The van der Waals surface area contributed by atoms with Crippen LogP contribution < -0.4 is 0 Å². The van der Waals surface area contributed by atoms with Crippen LogP contribution in [0, 0.1) is 12.7 Å². The second-order valence-electron chi connectivity index (χ2n) is 6.74. The molecular weight excluding hydrogens is 351 g/mol. The number of benzene rings is 1. The van der Waals surface area contributed by atoms with Crippen molar-refractivity contribution in [1.82, 2.24) is 10.1 Å². The summed E-state index contributed by atoms with van der Waals surface area (Å²) in [5, 5.41) is 4.37. The minimum atomic E-state index is -1.02. The highest BCUT2D eigenvalue weighted by Crippen LogP contribution is 2.40. The molecule has 138 valence electrons. The highest BCUT2D eigenvalue weighted by molar-refractivity contribution is 6.05. The van der Waals surface area contributed by atoms with Gasteiger partial charge in [-0.05, 0) is 57.0 Å². The minimum absolute atomic E-state index is 0.274. The predicted molar refractivity (Wildman–Crippen MR) is 94.1 cm³/mol. The lowest BCUT2D eigenvalue weighted by atomic mass is 10.1. The van der Waals surface area contributed by atoms with Crippen LogP contribution in [0.3, 0.4) is 0 Å². The number of aromatic nitrogens is 2. The van der Waals surface area contributed by atoms with Gasteiger partial charge in [0.15, 0.2) is 6.10 Å². The fraction of sp³-hybridized carbons (Fsp3) is 0.300. The van der Waals surface area contributed by atoms with E-state index in [2.05, 4.69) is 10.1 Å². The summed E-state index contributed by atoms with van der Waals surface area (Å²) in [6.07, 6.45) is 1.01. The maximum atomic E-state index is 13.0. The number of fused-ring (bicyclic) bond motifs is 1. The average molecular weight is 368 g/mol. The number of esters is 1. The van der Waals surface area contributed by atoms with Crippen molar-refractivity contribution >= 4 is 22.9 Å². The summed E-state index contributed by atoms with van der Waals surface area (Å²) in [6.45, 7) is 3.21. The first kappa shape index (κ1) is 17.3. The van der Waals surface area contributed by atoms with Crippen molar-refractivity contribution in [3.8, 4) is 0 Å². The quantitative estimate of drug-likeness (QED) is 0.500. The Balaban J connectivity index is 1.61. The van der Waals surface area contributed by atoms with Crippen LogP contribution in [0.5, 0.6) is 0 Å². The molecule has 4 rings (SSSR count). The molecule has 27 heavy (non-hydrogen) atoms. The van der Waals surface area contributed by atoms with Gasteiger partial charge in [-0.2, -0.15) is 0 Å². The van der Waals surface area contributed by atoms with E-state index in [1.54, 1.807) is 13.0 Å². The highest BCUT2D eigenvalue weighted by Gasteiger charge is 2.30. The summed E-state index contributed by atoms with van der Waals surface area (Å²) in [4.78, 5) is 29.7. The van der Waals surface area contributed by atoms with E-state index < -0.39 is 23.7 Å². The summed E-state index contributed by atoms with van der Waals surface area (Å²) in [5.74, 6) is -1.17. The number of hydrogen-bond donors (Lipinski definition) is 0. The molecule has 0 spiro atoms. The van der Waals surface area contributed by atoms with Crippen molar-refractivity contribution in [3.63, 3.8) is 0 Å². The zero-order chi connectivity index (χ0) is 19.1. The first-order valence-corrected chi connectivity index (χ1v) is 8.71. The SMILES string of the molecule is Cc1noc2nc(C3CC3)cc(C(=O)OC(C)C(=O)c3ccc(F)cc3)c12. The molecule has 0 saturated heterocycles. The number of rotatable bonds is 5. The first-order valence-electron chi connectivity index (χ1n) is 8.71. The summed E-state index contributed by atoms with van der Waals surface area (Å²) < 4.78 is 23.6. The smallest absolute Gasteiger partial charge is 0.339 e. The Morgan fingerprint density at radius 3 is 2.63 bits per heavy atom. The molecule has 0 N–H and O–H groups in total. The van der Waals surface area contributed by atoms with Crippen LogP contribution in [0.25, 0.3) is 11.1 Å².